The Morgan fingerprint density at radius 1 is 0.814 bits per heavy atom. The first-order valence-corrected chi connectivity index (χ1v) is 18.3. The molecule has 4 rings (SSSR count). The summed E-state index contributed by atoms with van der Waals surface area (Å²) in [4.78, 5) is 0. The molecule has 0 aromatic heterocycles. The summed E-state index contributed by atoms with van der Waals surface area (Å²) in [6, 6.07) is 23.3. The normalized spacial score (nSPS) is 18.5. The molecule has 0 unspecified atom stereocenters. The predicted molar refractivity (Wildman–Crippen MR) is 175 cm³/mol. The van der Waals surface area contributed by atoms with Crippen molar-refractivity contribution < 1.29 is 28.1 Å². The van der Waals surface area contributed by atoms with Crippen LogP contribution in [-0.4, -0.2) is 42.7 Å². The summed E-state index contributed by atoms with van der Waals surface area (Å²) < 4.78 is 34.4. The van der Waals surface area contributed by atoms with Crippen LogP contribution in [0, 0.1) is 0 Å². The molecule has 1 aliphatic heterocycles. The smallest absolute Gasteiger partial charge is 0.250 e. The van der Waals surface area contributed by atoms with Gasteiger partial charge in [0.05, 0.1) is 6.61 Å². The van der Waals surface area contributed by atoms with Crippen molar-refractivity contribution in [2.75, 3.05) is 34.4 Å². The number of methoxy groups -OCH3 is 2. The van der Waals surface area contributed by atoms with Gasteiger partial charge in [-0.2, -0.15) is 0 Å². The molecule has 0 radical (unpaired) electrons. The van der Waals surface area contributed by atoms with E-state index >= 15 is 0 Å². The molecule has 234 valence electrons. The summed E-state index contributed by atoms with van der Waals surface area (Å²) in [7, 11) is 1.41. The molecule has 1 heterocycles. The molecule has 2 atom stereocenters. The molecule has 0 aliphatic carbocycles. The quantitative estimate of drug-likeness (QED) is 0.104. The van der Waals surface area contributed by atoms with Gasteiger partial charge in [-0.3, -0.25) is 0 Å². The maximum Gasteiger partial charge on any atom is 0.250 e. The van der Waals surface area contributed by atoms with E-state index in [1.54, 1.807) is 14.2 Å². The van der Waals surface area contributed by atoms with Crippen molar-refractivity contribution in [1.29, 1.82) is 0 Å². The van der Waals surface area contributed by atoms with Crippen molar-refractivity contribution in [3.63, 3.8) is 0 Å². The third kappa shape index (κ3) is 8.14. The van der Waals surface area contributed by atoms with Crippen molar-refractivity contribution in [3.8, 4) is 23.0 Å². The Hall–Kier alpha value is -3.00. The molecule has 1 aliphatic rings. The zero-order chi connectivity index (χ0) is 31.1. The third-order valence-electron chi connectivity index (χ3n) is 9.17. The first kappa shape index (κ1) is 32.9. The Labute approximate surface area is 259 Å². The molecule has 3 aromatic rings. The van der Waals surface area contributed by atoms with Crippen LogP contribution in [0.15, 0.2) is 66.7 Å². The molecule has 0 N–H and O–H groups in total. The first-order valence-electron chi connectivity index (χ1n) is 15.4. The number of rotatable bonds is 14. The van der Waals surface area contributed by atoms with Crippen LogP contribution in [0.5, 0.6) is 23.0 Å². The minimum Gasteiger partial charge on any atom is -0.544 e. The van der Waals surface area contributed by atoms with Gasteiger partial charge in [-0.25, -0.2) is 0 Å². The summed E-state index contributed by atoms with van der Waals surface area (Å²) in [5.41, 5.74) is 3.63. The molecule has 6 nitrogen and oxygen atoms in total. The van der Waals surface area contributed by atoms with Crippen LogP contribution >= 0.6 is 0 Å². The van der Waals surface area contributed by atoms with Crippen LogP contribution in [0.2, 0.25) is 18.1 Å². The minimum atomic E-state index is -1.84. The summed E-state index contributed by atoms with van der Waals surface area (Å²) in [5.74, 6) is 3.72. The van der Waals surface area contributed by atoms with Crippen molar-refractivity contribution in [1.82, 2.24) is 0 Å². The van der Waals surface area contributed by atoms with Crippen molar-refractivity contribution in [2.45, 2.75) is 82.8 Å². The topological polar surface area (TPSA) is 55.4 Å². The average molecular weight is 607 g/mol. The summed E-state index contributed by atoms with van der Waals surface area (Å²) in [5, 5.41) is 0.182. The van der Waals surface area contributed by atoms with Crippen LogP contribution in [0.4, 0.5) is 0 Å². The van der Waals surface area contributed by atoms with E-state index < -0.39 is 8.32 Å². The van der Waals surface area contributed by atoms with Gasteiger partial charge in [0.2, 0.25) is 8.32 Å². The SMILES string of the molecule is COCOc1ccc([C@@]2(C)COc3cc(OCOC)ccc3[C@H]2CCCCc2ccc(O[Si](C)(C)C(C)(C)C)cc2)cc1. The lowest BCUT2D eigenvalue weighted by atomic mass is 9.66. The Kier molecular flexibility index (Phi) is 10.9. The Morgan fingerprint density at radius 2 is 1.42 bits per heavy atom. The van der Waals surface area contributed by atoms with Crippen molar-refractivity contribution in [2.24, 2.45) is 0 Å². The van der Waals surface area contributed by atoms with Gasteiger partial charge in [0.15, 0.2) is 13.6 Å². The molecule has 0 bridgehead atoms. The molecule has 43 heavy (non-hydrogen) atoms. The Morgan fingerprint density at radius 3 is 2.05 bits per heavy atom. The highest BCUT2D eigenvalue weighted by Gasteiger charge is 2.42. The number of hydrogen-bond acceptors (Lipinski definition) is 6. The highest BCUT2D eigenvalue weighted by atomic mass is 28.4. The van der Waals surface area contributed by atoms with Crippen LogP contribution < -0.4 is 18.6 Å². The molecule has 3 aromatic carbocycles. The van der Waals surface area contributed by atoms with Crippen molar-refractivity contribution >= 4 is 8.32 Å². The van der Waals surface area contributed by atoms with E-state index in [2.05, 4.69) is 83.3 Å². The second-order valence-corrected chi connectivity index (χ2v) is 18.1. The molecule has 0 spiro atoms. The number of fused-ring (bicyclic) bond motifs is 1. The van der Waals surface area contributed by atoms with Gasteiger partial charge in [-0.1, -0.05) is 64.4 Å². The van der Waals surface area contributed by atoms with Gasteiger partial charge in [0.25, 0.3) is 0 Å². The maximum absolute atomic E-state index is 6.48. The van der Waals surface area contributed by atoms with E-state index in [0.717, 1.165) is 48.7 Å². The van der Waals surface area contributed by atoms with Gasteiger partial charge in [0, 0.05) is 31.6 Å². The minimum absolute atomic E-state index is 0.182. The molecule has 7 heteroatoms. The average Bonchev–Trinajstić information content (AvgIpc) is 2.98. The molecular weight excluding hydrogens is 556 g/mol. The number of benzene rings is 3. The fraction of sp³-hybridized carbons (Fsp3) is 0.500. The summed E-state index contributed by atoms with van der Waals surface area (Å²) in [6.07, 6.45) is 4.32. The lowest BCUT2D eigenvalue weighted by molar-refractivity contribution is 0.0505. The monoisotopic (exact) mass is 606 g/mol. The molecule has 0 saturated carbocycles. The van der Waals surface area contributed by atoms with Gasteiger partial charge in [-0.15, -0.1) is 0 Å². The summed E-state index contributed by atoms with van der Waals surface area (Å²) >= 11 is 0. The highest BCUT2D eigenvalue weighted by Crippen LogP contribution is 2.50. The molecule has 0 saturated heterocycles. The van der Waals surface area contributed by atoms with E-state index in [4.69, 9.17) is 28.1 Å². The Bertz CT molecular complexity index is 1300. The largest absolute Gasteiger partial charge is 0.544 e. The maximum atomic E-state index is 6.48. The molecule has 0 fully saturated rings. The number of unbranched alkanes of at least 4 members (excludes halogenated alkanes) is 1. The highest BCUT2D eigenvalue weighted by molar-refractivity contribution is 6.74. The zero-order valence-electron chi connectivity index (χ0n) is 27.3. The fourth-order valence-electron chi connectivity index (χ4n) is 5.48. The second-order valence-electron chi connectivity index (χ2n) is 13.3. The van der Waals surface area contributed by atoms with E-state index in [1.165, 1.54) is 16.7 Å². The number of ether oxygens (including phenoxy) is 5. The lowest BCUT2D eigenvalue weighted by Crippen LogP contribution is -2.43. The molecule has 0 amide bonds. The van der Waals surface area contributed by atoms with Crippen LogP contribution in [0.25, 0.3) is 0 Å². The third-order valence-corrected chi connectivity index (χ3v) is 13.5. The van der Waals surface area contributed by atoms with Gasteiger partial charge >= 0.3 is 0 Å². The van der Waals surface area contributed by atoms with E-state index in [-0.39, 0.29) is 24.0 Å². The van der Waals surface area contributed by atoms with Crippen LogP contribution in [-0.2, 0) is 21.3 Å². The zero-order valence-corrected chi connectivity index (χ0v) is 28.3. The first-order chi connectivity index (χ1) is 20.5. The van der Waals surface area contributed by atoms with E-state index in [1.807, 2.05) is 24.3 Å². The van der Waals surface area contributed by atoms with Crippen molar-refractivity contribution in [3.05, 3.63) is 83.4 Å². The number of aryl methyl sites for hydroxylation is 1. The van der Waals surface area contributed by atoms with Gasteiger partial charge in [-0.05, 0) is 84.4 Å². The molecular formula is C36H50O6Si. The van der Waals surface area contributed by atoms with Gasteiger partial charge in [0.1, 0.15) is 23.0 Å². The standard InChI is InChI=1S/C36H50O6Si/c1-35(2,3)43(7,8)42-30-17-13-27(14-18-30)11-9-10-12-33-32-22-21-31(41-26-38-6)23-34(32)39-24-36(33,4)28-15-19-29(20-16-28)40-25-37-5/h13-23,33H,9-12,24-26H2,1-8H3/t33-,36-/m1/s1. The van der Waals surface area contributed by atoms with Crippen LogP contribution in [0.1, 0.15) is 69.6 Å². The fourth-order valence-corrected chi connectivity index (χ4v) is 6.51. The predicted octanol–water partition coefficient (Wildman–Crippen LogP) is 8.88. The number of hydrogen-bond donors (Lipinski definition) is 0. The van der Waals surface area contributed by atoms with Gasteiger partial charge < -0.3 is 28.1 Å². The second kappa shape index (κ2) is 14.2. The summed E-state index contributed by atoms with van der Waals surface area (Å²) in [6.45, 7) is 14.8. The van der Waals surface area contributed by atoms with E-state index in [0.29, 0.717) is 12.5 Å². The lowest BCUT2D eigenvalue weighted by Gasteiger charge is -2.43. The van der Waals surface area contributed by atoms with E-state index in [9.17, 15) is 0 Å². The Balaban J connectivity index is 1.46. The van der Waals surface area contributed by atoms with Crippen LogP contribution in [0.3, 0.4) is 0 Å².